The first-order valence-electron chi connectivity index (χ1n) is 8.11. The first-order chi connectivity index (χ1) is 12.0. The van der Waals surface area contributed by atoms with Crippen molar-refractivity contribution in [3.05, 3.63) is 59.7 Å². The second-order valence-corrected chi connectivity index (χ2v) is 5.98. The fourth-order valence-electron chi connectivity index (χ4n) is 2.90. The van der Waals surface area contributed by atoms with Gasteiger partial charge < -0.3 is 15.6 Å². The number of amides is 1. The van der Waals surface area contributed by atoms with E-state index in [-0.39, 0.29) is 6.42 Å². The lowest BCUT2D eigenvalue weighted by atomic mass is 9.96. The molecule has 0 saturated carbocycles. The maximum absolute atomic E-state index is 13.0. The van der Waals surface area contributed by atoms with Crippen LogP contribution < -0.4 is 10.5 Å². The first-order valence-corrected chi connectivity index (χ1v) is 8.11. The zero-order valence-corrected chi connectivity index (χ0v) is 14.3. The first kappa shape index (κ1) is 17.0. The van der Waals surface area contributed by atoms with Crippen LogP contribution in [0.5, 0.6) is 5.75 Å². The van der Waals surface area contributed by atoms with E-state index in [1.807, 2.05) is 6.92 Å². The molecule has 0 aliphatic carbocycles. The van der Waals surface area contributed by atoms with Crippen molar-refractivity contribution in [2.24, 2.45) is 5.10 Å². The van der Waals surface area contributed by atoms with Crippen LogP contribution in [-0.4, -0.2) is 28.8 Å². The minimum absolute atomic E-state index is 0.268. The van der Waals surface area contributed by atoms with Gasteiger partial charge in [0.05, 0.1) is 7.11 Å². The number of nitrogens with two attached hydrogens (primary N) is 1. The van der Waals surface area contributed by atoms with Gasteiger partial charge in [-0.15, -0.1) is 0 Å². The highest BCUT2D eigenvalue weighted by Crippen LogP contribution is 2.37. The number of carbonyl (C=O) groups excluding carboxylic acids is 1. The van der Waals surface area contributed by atoms with Gasteiger partial charge in [-0.05, 0) is 36.8 Å². The summed E-state index contributed by atoms with van der Waals surface area (Å²) in [5.74, 6) is 0.282. The molecule has 0 fully saturated rings. The Morgan fingerprint density at radius 3 is 2.64 bits per heavy atom. The van der Waals surface area contributed by atoms with Crippen LogP contribution in [0.4, 0.5) is 5.69 Å². The van der Waals surface area contributed by atoms with Crippen LogP contribution in [0.1, 0.15) is 35.7 Å². The number of hydrazone groups is 1. The Morgan fingerprint density at radius 2 is 2.04 bits per heavy atom. The average Bonchev–Trinajstić information content (AvgIpc) is 2.99. The third kappa shape index (κ3) is 3.08. The summed E-state index contributed by atoms with van der Waals surface area (Å²) < 4.78 is 5.16. The Bertz CT molecular complexity index is 817. The van der Waals surface area contributed by atoms with Crippen molar-refractivity contribution in [1.82, 2.24) is 5.01 Å². The number of nitrogen functional groups attached to an aromatic ring is 1. The van der Waals surface area contributed by atoms with Gasteiger partial charge in [-0.2, -0.15) is 10.1 Å². The molecule has 2 aromatic carbocycles. The van der Waals surface area contributed by atoms with Crippen LogP contribution in [0.15, 0.2) is 53.6 Å². The number of hydrogen-bond donors (Lipinski definition) is 2. The number of carbonyl (C=O) groups is 1. The van der Waals surface area contributed by atoms with Crippen LogP contribution in [-0.2, 0) is 5.72 Å². The molecule has 0 saturated heterocycles. The molecule has 0 aromatic heterocycles. The third-order valence-corrected chi connectivity index (χ3v) is 4.33. The fraction of sp³-hybridized carbons (Fsp3) is 0.263. The van der Waals surface area contributed by atoms with Crippen molar-refractivity contribution in [3.8, 4) is 5.75 Å². The molecular weight excluding hydrogens is 318 g/mol. The predicted molar refractivity (Wildman–Crippen MR) is 96.3 cm³/mol. The van der Waals surface area contributed by atoms with Crippen LogP contribution in [0.2, 0.25) is 0 Å². The number of rotatable bonds is 4. The average molecular weight is 339 g/mol. The molecule has 1 aliphatic rings. The number of benzene rings is 2. The molecule has 1 amide bonds. The zero-order valence-electron chi connectivity index (χ0n) is 14.3. The Hall–Kier alpha value is -2.86. The lowest BCUT2D eigenvalue weighted by Gasteiger charge is -2.31. The van der Waals surface area contributed by atoms with Crippen LogP contribution >= 0.6 is 0 Å². The molecular formula is C19H21N3O3. The summed E-state index contributed by atoms with van der Waals surface area (Å²) in [5.41, 5.74) is 6.46. The van der Waals surface area contributed by atoms with Crippen LogP contribution in [0.3, 0.4) is 0 Å². The highest BCUT2D eigenvalue weighted by molar-refractivity contribution is 5.98. The fourth-order valence-corrected chi connectivity index (χ4v) is 2.90. The molecule has 1 atom stereocenters. The van der Waals surface area contributed by atoms with E-state index in [4.69, 9.17) is 10.5 Å². The van der Waals surface area contributed by atoms with Gasteiger partial charge in [0.25, 0.3) is 5.91 Å². The summed E-state index contributed by atoms with van der Waals surface area (Å²) in [6.45, 7) is 1.95. The Balaban J connectivity index is 2.01. The van der Waals surface area contributed by atoms with E-state index < -0.39 is 11.6 Å². The monoisotopic (exact) mass is 339 g/mol. The van der Waals surface area contributed by atoms with E-state index in [0.717, 1.165) is 10.7 Å². The molecule has 1 heterocycles. The van der Waals surface area contributed by atoms with Gasteiger partial charge in [-0.25, -0.2) is 0 Å². The Morgan fingerprint density at radius 1 is 1.32 bits per heavy atom. The van der Waals surface area contributed by atoms with Crippen molar-refractivity contribution in [3.63, 3.8) is 0 Å². The van der Waals surface area contributed by atoms with Crippen molar-refractivity contribution >= 4 is 17.3 Å². The molecule has 0 spiro atoms. The summed E-state index contributed by atoms with van der Waals surface area (Å²) >= 11 is 0. The molecule has 130 valence electrons. The summed E-state index contributed by atoms with van der Waals surface area (Å²) in [6.07, 6.45) is 0.920. The molecule has 2 aromatic rings. The quantitative estimate of drug-likeness (QED) is 0.838. The molecule has 6 nitrogen and oxygen atoms in total. The van der Waals surface area contributed by atoms with Gasteiger partial charge in [0.2, 0.25) is 0 Å². The SMILES string of the molecule is CCC1=NN(C(=O)c2cccc(N)c2)C(O)(c2ccc(OC)cc2)C1. The highest BCUT2D eigenvalue weighted by Gasteiger charge is 2.45. The Labute approximate surface area is 146 Å². The lowest BCUT2D eigenvalue weighted by molar-refractivity contribution is -0.0765. The maximum atomic E-state index is 13.0. The van der Waals surface area contributed by atoms with Gasteiger partial charge in [0.15, 0.2) is 5.72 Å². The molecule has 1 aliphatic heterocycles. The standard InChI is InChI=1S/C19H21N3O3/c1-3-16-12-19(24,14-7-9-17(25-2)10-8-14)22(21-16)18(23)13-5-4-6-15(20)11-13/h4-11,24H,3,12,20H2,1-2H3. The molecule has 3 rings (SSSR count). The van der Waals surface area contributed by atoms with E-state index in [2.05, 4.69) is 5.10 Å². The van der Waals surface area contributed by atoms with Crippen molar-refractivity contribution in [1.29, 1.82) is 0 Å². The smallest absolute Gasteiger partial charge is 0.277 e. The van der Waals surface area contributed by atoms with Crippen molar-refractivity contribution in [2.75, 3.05) is 12.8 Å². The molecule has 3 N–H and O–H groups in total. The summed E-state index contributed by atoms with van der Waals surface area (Å²) in [7, 11) is 1.58. The number of anilines is 1. The predicted octanol–water partition coefficient (Wildman–Crippen LogP) is 2.73. The number of ether oxygens (including phenoxy) is 1. The van der Waals surface area contributed by atoms with Gasteiger partial charge in [-0.1, -0.05) is 25.1 Å². The molecule has 6 heteroatoms. The van der Waals surface area contributed by atoms with Crippen LogP contribution in [0, 0.1) is 0 Å². The van der Waals surface area contributed by atoms with Crippen LogP contribution in [0.25, 0.3) is 0 Å². The molecule has 0 radical (unpaired) electrons. The molecule has 25 heavy (non-hydrogen) atoms. The minimum Gasteiger partial charge on any atom is -0.497 e. The van der Waals surface area contributed by atoms with Crippen molar-refractivity contribution < 1.29 is 14.6 Å². The Kier molecular flexibility index (Phi) is 4.46. The highest BCUT2D eigenvalue weighted by atomic mass is 16.5. The number of nitrogens with zero attached hydrogens (tertiary/aromatic N) is 2. The number of methoxy groups -OCH3 is 1. The third-order valence-electron chi connectivity index (χ3n) is 4.33. The van der Waals surface area contributed by atoms with E-state index in [0.29, 0.717) is 29.0 Å². The number of aliphatic hydroxyl groups is 1. The summed E-state index contributed by atoms with van der Waals surface area (Å²) in [6, 6.07) is 13.6. The zero-order chi connectivity index (χ0) is 18.0. The maximum Gasteiger partial charge on any atom is 0.277 e. The number of hydrogen-bond acceptors (Lipinski definition) is 5. The second kappa shape index (κ2) is 6.57. The molecule has 1 unspecified atom stereocenters. The molecule has 0 bridgehead atoms. The van der Waals surface area contributed by atoms with Crippen molar-refractivity contribution in [2.45, 2.75) is 25.5 Å². The normalized spacial score (nSPS) is 19.6. The van der Waals surface area contributed by atoms with E-state index in [1.54, 1.807) is 55.6 Å². The topological polar surface area (TPSA) is 88.2 Å². The van der Waals surface area contributed by atoms with E-state index in [9.17, 15) is 9.90 Å². The summed E-state index contributed by atoms with van der Waals surface area (Å²) in [5, 5.41) is 16.8. The van der Waals surface area contributed by atoms with Gasteiger partial charge in [-0.3, -0.25) is 4.79 Å². The lowest BCUT2D eigenvalue weighted by Crippen LogP contribution is -2.43. The van der Waals surface area contributed by atoms with Gasteiger partial charge >= 0.3 is 0 Å². The largest absolute Gasteiger partial charge is 0.497 e. The summed E-state index contributed by atoms with van der Waals surface area (Å²) in [4.78, 5) is 13.0. The second-order valence-electron chi connectivity index (χ2n) is 5.98. The minimum atomic E-state index is -1.53. The van der Waals surface area contributed by atoms with Gasteiger partial charge in [0, 0.05) is 28.9 Å². The van der Waals surface area contributed by atoms with Gasteiger partial charge in [0.1, 0.15) is 5.75 Å². The van der Waals surface area contributed by atoms with E-state index >= 15 is 0 Å². The van der Waals surface area contributed by atoms with E-state index in [1.165, 1.54) is 0 Å².